The molecule has 0 radical (unpaired) electrons. The second-order valence-corrected chi connectivity index (χ2v) is 6.57. The molecule has 7 nitrogen and oxygen atoms in total. The predicted molar refractivity (Wildman–Crippen MR) is 106 cm³/mol. The zero-order chi connectivity index (χ0) is 19.1. The third-order valence-electron chi connectivity index (χ3n) is 5.00. The fourth-order valence-corrected chi connectivity index (χ4v) is 3.78. The lowest BCUT2D eigenvalue weighted by molar-refractivity contribution is -0.384. The molecule has 0 saturated heterocycles. The predicted octanol–water partition coefficient (Wildman–Crippen LogP) is 4.53. The molecule has 0 spiro atoms. The summed E-state index contributed by atoms with van der Waals surface area (Å²) in [6.07, 6.45) is 7.33. The van der Waals surface area contributed by atoms with Crippen molar-refractivity contribution in [3.63, 3.8) is 0 Å². The molecule has 2 N–H and O–H groups in total. The number of hydrogen-bond acceptors (Lipinski definition) is 4. The number of aromatic amines is 2. The van der Waals surface area contributed by atoms with Crippen LogP contribution in [0.15, 0.2) is 73.3 Å². The zero-order valence-corrected chi connectivity index (χ0v) is 14.7. The van der Waals surface area contributed by atoms with Crippen molar-refractivity contribution in [1.82, 2.24) is 19.9 Å². The van der Waals surface area contributed by atoms with E-state index in [1.807, 2.05) is 42.7 Å². The molecule has 28 heavy (non-hydrogen) atoms. The number of benzene rings is 1. The van der Waals surface area contributed by atoms with E-state index < -0.39 is 0 Å². The maximum atomic E-state index is 11.3. The highest BCUT2D eigenvalue weighted by molar-refractivity contribution is 5.86. The van der Waals surface area contributed by atoms with E-state index in [2.05, 4.69) is 19.9 Å². The smallest absolute Gasteiger partial charge is 0.269 e. The van der Waals surface area contributed by atoms with Gasteiger partial charge in [0.15, 0.2) is 0 Å². The summed E-state index contributed by atoms with van der Waals surface area (Å²) in [4.78, 5) is 26.2. The highest BCUT2D eigenvalue weighted by atomic mass is 16.6. The first-order chi connectivity index (χ1) is 13.7. The molecule has 4 heterocycles. The lowest BCUT2D eigenvalue weighted by Gasteiger charge is -2.17. The first-order valence-electron chi connectivity index (χ1n) is 8.81. The number of pyridine rings is 2. The van der Waals surface area contributed by atoms with Crippen molar-refractivity contribution in [2.75, 3.05) is 0 Å². The highest BCUT2D eigenvalue weighted by Crippen LogP contribution is 2.39. The van der Waals surface area contributed by atoms with Gasteiger partial charge in [0.1, 0.15) is 11.3 Å². The van der Waals surface area contributed by atoms with E-state index >= 15 is 0 Å². The molecule has 0 atom stereocenters. The Labute approximate surface area is 159 Å². The number of rotatable bonds is 4. The molecular weight excluding hydrogens is 354 g/mol. The standard InChI is InChI=1S/C21H15N5O2/c27-26(28)14-5-1-4-13(10-14)19(17-11-24-20-15(17)6-2-8-22-20)18-12-25-21-16(18)7-3-9-23-21/h1-12,19H,(H,22,24)(H,23,25). The van der Waals surface area contributed by atoms with Crippen LogP contribution in [0.5, 0.6) is 0 Å². The molecule has 5 rings (SSSR count). The Morgan fingerprint density at radius 2 is 1.46 bits per heavy atom. The molecule has 1 aromatic carbocycles. The maximum absolute atomic E-state index is 11.3. The van der Waals surface area contributed by atoms with Gasteiger partial charge >= 0.3 is 0 Å². The number of hydrogen-bond donors (Lipinski definition) is 2. The van der Waals surface area contributed by atoms with E-state index in [-0.39, 0.29) is 16.5 Å². The number of fused-ring (bicyclic) bond motifs is 2. The summed E-state index contributed by atoms with van der Waals surface area (Å²) < 4.78 is 0. The number of nitrogens with zero attached hydrogens (tertiary/aromatic N) is 3. The number of H-pyrrole nitrogens is 2. The van der Waals surface area contributed by atoms with Crippen LogP contribution in [0, 0.1) is 10.1 Å². The Kier molecular flexibility index (Phi) is 3.65. The van der Waals surface area contributed by atoms with Crippen LogP contribution in [-0.2, 0) is 0 Å². The lowest BCUT2D eigenvalue weighted by Crippen LogP contribution is -2.03. The summed E-state index contributed by atoms with van der Waals surface area (Å²) in [5, 5.41) is 13.3. The number of nitro groups is 1. The molecule has 0 saturated carbocycles. The Hall–Kier alpha value is -4.00. The van der Waals surface area contributed by atoms with E-state index in [1.165, 1.54) is 6.07 Å². The number of nitrogens with one attached hydrogen (secondary N) is 2. The Bertz CT molecular complexity index is 1250. The highest BCUT2D eigenvalue weighted by Gasteiger charge is 2.25. The number of nitro benzene ring substituents is 1. The number of aromatic nitrogens is 4. The minimum Gasteiger partial charge on any atom is -0.346 e. The van der Waals surface area contributed by atoms with E-state index in [0.29, 0.717) is 0 Å². The molecule has 136 valence electrons. The van der Waals surface area contributed by atoms with Gasteiger partial charge in [-0.25, -0.2) is 9.97 Å². The molecule has 4 aromatic heterocycles. The molecular formula is C21H15N5O2. The quantitative estimate of drug-likeness (QED) is 0.359. The summed E-state index contributed by atoms with van der Waals surface area (Å²) in [6.45, 7) is 0. The average Bonchev–Trinajstić information content (AvgIpc) is 3.34. The van der Waals surface area contributed by atoms with Crippen LogP contribution in [-0.4, -0.2) is 24.9 Å². The SMILES string of the molecule is O=[N+]([O-])c1cccc(C(c2c[nH]c3ncccc23)c2c[nH]c3ncccc23)c1. The fraction of sp³-hybridized carbons (Fsp3) is 0.0476. The van der Waals surface area contributed by atoms with Crippen LogP contribution in [0.4, 0.5) is 5.69 Å². The van der Waals surface area contributed by atoms with E-state index in [0.717, 1.165) is 38.8 Å². The summed E-state index contributed by atoms with van der Waals surface area (Å²) in [7, 11) is 0. The van der Waals surface area contributed by atoms with E-state index in [1.54, 1.807) is 24.5 Å². The summed E-state index contributed by atoms with van der Waals surface area (Å²) >= 11 is 0. The van der Waals surface area contributed by atoms with Crippen LogP contribution in [0.2, 0.25) is 0 Å². The van der Waals surface area contributed by atoms with Gasteiger partial charge in [-0.05, 0) is 41.0 Å². The van der Waals surface area contributed by atoms with Gasteiger partial charge in [0, 0.05) is 53.6 Å². The molecule has 0 amide bonds. The molecule has 0 fully saturated rings. The van der Waals surface area contributed by atoms with Gasteiger partial charge in [-0.15, -0.1) is 0 Å². The van der Waals surface area contributed by atoms with Gasteiger partial charge in [0.2, 0.25) is 0 Å². The van der Waals surface area contributed by atoms with E-state index in [9.17, 15) is 10.1 Å². The first kappa shape index (κ1) is 16.2. The minimum atomic E-state index is -0.367. The van der Waals surface area contributed by atoms with Crippen molar-refractivity contribution >= 4 is 27.8 Å². The van der Waals surface area contributed by atoms with Crippen molar-refractivity contribution in [1.29, 1.82) is 0 Å². The second kappa shape index (κ2) is 6.31. The summed E-state index contributed by atoms with van der Waals surface area (Å²) in [5.41, 5.74) is 4.49. The molecule has 0 unspecified atom stereocenters. The molecule has 0 aliphatic heterocycles. The average molecular weight is 369 g/mol. The van der Waals surface area contributed by atoms with Crippen molar-refractivity contribution in [2.45, 2.75) is 5.92 Å². The third kappa shape index (κ3) is 2.52. The topological polar surface area (TPSA) is 100 Å². The van der Waals surface area contributed by atoms with Crippen molar-refractivity contribution < 1.29 is 4.92 Å². The van der Waals surface area contributed by atoms with Gasteiger partial charge < -0.3 is 9.97 Å². The Morgan fingerprint density at radius 1 is 0.857 bits per heavy atom. The van der Waals surface area contributed by atoms with Gasteiger partial charge in [-0.1, -0.05) is 12.1 Å². The van der Waals surface area contributed by atoms with Crippen LogP contribution in [0.1, 0.15) is 22.6 Å². The Morgan fingerprint density at radius 3 is 2.04 bits per heavy atom. The van der Waals surface area contributed by atoms with Gasteiger partial charge in [0.25, 0.3) is 5.69 Å². The van der Waals surface area contributed by atoms with Crippen LogP contribution < -0.4 is 0 Å². The van der Waals surface area contributed by atoms with Gasteiger partial charge in [-0.3, -0.25) is 10.1 Å². The monoisotopic (exact) mass is 369 g/mol. The molecule has 0 aliphatic rings. The minimum absolute atomic E-state index is 0.0680. The number of non-ortho nitro benzene ring substituents is 1. The first-order valence-corrected chi connectivity index (χ1v) is 8.81. The van der Waals surface area contributed by atoms with E-state index in [4.69, 9.17) is 0 Å². The maximum Gasteiger partial charge on any atom is 0.269 e. The van der Waals surface area contributed by atoms with Crippen molar-refractivity contribution in [3.05, 3.63) is 100 Å². The van der Waals surface area contributed by atoms with Crippen LogP contribution >= 0.6 is 0 Å². The third-order valence-corrected chi connectivity index (χ3v) is 5.00. The Balaban J connectivity index is 1.80. The van der Waals surface area contributed by atoms with Crippen molar-refractivity contribution in [2.24, 2.45) is 0 Å². The van der Waals surface area contributed by atoms with Gasteiger partial charge in [-0.2, -0.15) is 0 Å². The van der Waals surface area contributed by atoms with Crippen LogP contribution in [0.25, 0.3) is 22.1 Å². The molecule has 5 aromatic rings. The fourth-order valence-electron chi connectivity index (χ4n) is 3.78. The normalized spacial score (nSPS) is 11.5. The molecule has 0 bridgehead atoms. The summed E-state index contributed by atoms with van der Waals surface area (Å²) in [5.74, 6) is -0.212. The second-order valence-electron chi connectivity index (χ2n) is 6.57. The largest absolute Gasteiger partial charge is 0.346 e. The van der Waals surface area contributed by atoms with Crippen LogP contribution in [0.3, 0.4) is 0 Å². The molecule has 0 aliphatic carbocycles. The van der Waals surface area contributed by atoms with Crippen molar-refractivity contribution in [3.8, 4) is 0 Å². The van der Waals surface area contributed by atoms with Gasteiger partial charge in [0.05, 0.1) is 4.92 Å². The zero-order valence-electron chi connectivity index (χ0n) is 14.7. The lowest BCUT2D eigenvalue weighted by atomic mass is 9.85. The molecule has 7 heteroatoms. The summed E-state index contributed by atoms with van der Waals surface area (Å²) in [6, 6.07) is 14.6.